The second-order valence-corrected chi connectivity index (χ2v) is 5.71. The molecule has 148 valence electrons. The van der Waals surface area contributed by atoms with Crippen molar-refractivity contribution in [1.82, 2.24) is 10.2 Å². The number of alkyl halides is 4. The van der Waals surface area contributed by atoms with E-state index in [4.69, 9.17) is 4.74 Å². The van der Waals surface area contributed by atoms with Gasteiger partial charge in [-0.25, -0.2) is 0 Å². The summed E-state index contributed by atoms with van der Waals surface area (Å²) >= 11 is 0. The maximum Gasteiger partial charge on any atom is 0.416 e. The predicted molar refractivity (Wildman–Crippen MR) is 104 cm³/mol. The number of hydrogen-bond donors (Lipinski definition) is 1. The number of morpholine rings is 1. The Morgan fingerprint density at radius 3 is 2.81 bits per heavy atom. The van der Waals surface area contributed by atoms with Crippen LogP contribution >= 0.6 is 24.0 Å². The van der Waals surface area contributed by atoms with Crippen molar-refractivity contribution in [3.05, 3.63) is 35.4 Å². The first kappa shape index (κ1) is 22.9. The monoisotopic (exact) mass is 489 g/mol. The van der Waals surface area contributed by atoms with Crippen molar-refractivity contribution in [2.24, 2.45) is 4.99 Å². The number of rotatable bonds is 5. The van der Waals surface area contributed by atoms with Crippen LogP contribution in [-0.2, 0) is 10.9 Å². The van der Waals surface area contributed by atoms with Gasteiger partial charge in [0.15, 0.2) is 5.96 Å². The molecule has 0 saturated carbocycles. The van der Waals surface area contributed by atoms with E-state index in [1.54, 1.807) is 6.07 Å². The van der Waals surface area contributed by atoms with E-state index in [1.807, 2.05) is 11.8 Å². The highest BCUT2D eigenvalue weighted by Crippen LogP contribution is 2.32. The van der Waals surface area contributed by atoms with Crippen LogP contribution in [0.15, 0.2) is 29.3 Å². The van der Waals surface area contributed by atoms with E-state index in [9.17, 15) is 17.6 Å². The van der Waals surface area contributed by atoms with Gasteiger partial charge in [-0.1, -0.05) is 12.1 Å². The van der Waals surface area contributed by atoms with Crippen molar-refractivity contribution in [2.75, 3.05) is 39.5 Å². The maximum atomic E-state index is 12.9. The molecule has 4 nitrogen and oxygen atoms in total. The van der Waals surface area contributed by atoms with Crippen molar-refractivity contribution < 1.29 is 22.3 Å². The van der Waals surface area contributed by atoms with Crippen molar-refractivity contribution in [2.45, 2.75) is 25.6 Å². The summed E-state index contributed by atoms with van der Waals surface area (Å²) in [6, 6.07) is 5.20. The Morgan fingerprint density at radius 2 is 2.15 bits per heavy atom. The fraction of sp³-hybridized carbons (Fsp3) is 0.588. The third-order valence-corrected chi connectivity index (χ3v) is 3.84. The van der Waals surface area contributed by atoms with Crippen molar-refractivity contribution in [3.8, 4) is 0 Å². The topological polar surface area (TPSA) is 36.9 Å². The zero-order valence-electron chi connectivity index (χ0n) is 14.6. The van der Waals surface area contributed by atoms with Crippen LogP contribution in [0.1, 0.15) is 30.6 Å². The third-order valence-electron chi connectivity index (χ3n) is 3.84. The average Bonchev–Trinajstić information content (AvgIpc) is 2.61. The van der Waals surface area contributed by atoms with E-state index in [0.29, 0.717) is 50.7 Å². The molecule has 0 radical (unpaired) electrons. The summed E-state index contributed by atoms with van der Waals surface area (Å²) in [5, 5.41) is 3.14. The lowest BCUT2D eigenvalue weighted by Gasteiger charge is -2.35. The normalized spacial score (nSPS) is 18.4. The smallest absolute Gasteiger partial charge is 0.370 e. The molecule has 1 aliphatic rings. The van der Waals surface area contributed by atoms with Crippen molar-refractivity contribution >= 4 is 29.9 Å². The van der Waals surface area contributed by atoms with E-state index in [1.165, 1.54) is 6.07 Å². The van der Waals surface area contributed by atoms with Gasteiger partial charge in [0, 0.05) is 19.6 Å². The summed E-state index contributed by atoms with van der Waals surface area (Å²) in [4.78, 5) is 6.31. The standard InChI is InChI=1S/C17H23F4N3O.HI/c1-2-22-16(23-8-4-7-18)24-9-10-25-15(12-24)13-5-3-6-14(11-13)17(19,20)21;/h3,5-6,11,15H,2,4,7-10,12H2,1H3,(H,22,23);1H. The van der Waals surface area contributed by atoms with Crippen molar-refractivity contribution in [3.63, 3.8) is 0 Å². The lowest BCUT2D eigenvalue weighted by molar-refractivity contribution is -0.137. The van der Waals surface area contributed by atoms with Gasteiger partial charge in [-0.3, -0.25) is 9.38 Å². The van der Waals surface area contributed by atoms with Crippen LogP contribution in [0.4, 0.5) is 17.6 Å². The molecule has 0 spiro atoms. The summed E-state index contributed by atoms with van der Waals surface area (Å²) in [7, 11) is 0. The number of nitrogens with zero attached hydrogens (tertiary/aromatic N) is 2. The molecule has 0 amide bonds. The first-order chi connectivity index (χ1) is 12.0. The molecule has 1 unspecified atom stereocenters. The molecule has 0 bridgehead atoms. The average molecular weight is 489 g/mol. The Kier molecular flexibility index (Phi) is 9.62. The summed E-state index contributed by atoms with van der Waals surface area (Å²) in [5.74, 6) is 0.635. The molecule has 1 aliphatic heterocycles. The fourth-order valence-corrected chi connectivity index (χ4v) is 2.63. The second-order valence-electron chi connectivity index (χ2n) is 5.71. The molecular weight excluding hydrogens is 465 g/mol. The zero-order chi connectivity index (χ0) is 18.3. The first-order valence-electron chi connectivity index (χ1n) is 8.33. The molecular formula is C17H24F4IN3O. The molecule has 1 aromatic carbocycles. The Balaban J connectivity index is 0.00000338. The number of ether oxygens (including phenoxy) is 1. The minimum Gasteiger partial charge on any atom is -0.370 e. The zero-order valence-corrected chi connectivity index (χ0v) is 16.9. The van der Waals surface area contributed by atoms with Crippen LogP contribution in [0.5, 0.6) is 0 Å². The highest BCUT2D eigenvalue weighted by molar-refractivity contribution is 14.0. The van der Waals surface area contributed by atoms with E-state index < -0.39 is 24.5 Å². The van der Waals surface area contributed by atoms with E-state index in [-0.39, 0.29) is 24.0 Å². The van der Waals surface area contributed by atoms with Gasteiger partial charge >= 0.3 is 6.18 Å². The second kappa shape index (κ2) is 10.9. The highest BCUT2D eigenvalue weighted by Gasteiger charge is 2.32. The van der Waals surface area contributed by atoms with Gasteiger partial charge in [0.25, 0.3) is 0 Å². The molecule has 1 saturated heterocycles. The molecule has 26 heavy (non-hydrogen) atoms. The van der Waals surface area contributed by atoms with E-state index in [2.05, 4.69) is 10.3 Å². The Hall–Kier alpha value is -1.10. The van der Waals surface area contributed by atoms with Crippen LogP contribution in [0.3, 0.4) is 0 Å². The molecule has 0 aliphatic carbocycles. The molecule has 0 aromatic heterocycles. The Labute approximate surface area is 168 Å². The lowest BCUT2D eigenvalue weighted by atomic mass is 10.0. The third kappa shape index (κ3) is 6.57. The van der Waals surface area contributed by atoms with Gasteiger partial charge in [0.05, 0.1) is 25.4 Å². The molecule has 1 fully saturated rings. The Morgan fingerprint density at radius 1 is 1.38 bits per heavy atom. The van der Waals surface area contributed by atoms with Crippen LogP contribution in [0.25, 0.3) is 0 Å². The number of hydrogen-bond acceptors (Lipinski definition) is 2. The predicted octanol–water partition coefficient (Wildman–Crippen LogP) is 4.02. The lowest BCUT2D eigenvalue weighted by Crippen LogP contribution is -2.48. The van der Waals surface area contributed by atoms with Crippen LogP contribution in [0.2, 0.25) is 0 Å². The van der Waals surface area contributed by atoms with Gasteiger partial charge in [-0.2, -0.15) is 13.2 Å². The molecule has 1 atom stereocenters. The summed E-state index contributed by atoms with van der Waals surface area (Å²) in [5.41, 5.74) is -0.201. The summed E-state index contributed by atoms with van der Waals surface area (Å²) < 4.78 is 56.6. The minimum absolute atomic E-state index is 0. The van der Waals surface area contributed by atoms with Crippen LogP contribution in [0, 0.1) is 0 Å². The van der Waals surface area contributed by atoms with Gasteiger partial charge in [-0.15, -0.1) is 24.0 Å². The highest BCUT2D eigenvalue weighted by atomic mass is 127. The molecule has 9 heteroatoms. The number of nitrogens with one attached hydrogen (secondary N) is 1. The van der Waals surface area contributed by atoms with Crippen molar-refractivity contribution in [1.29, 1.82) is 0 Å². The summed E-state index contributed by atoms with van der Waals surface area (Å²) in [6.07, 6.45) is -4.51. The van der Waals surface area contributed by atoms with Gasteiger partial charge < -0.3 is 15.0 Å². The van der Waals surface area contributed by atoms with E-state index >= 15 is 0 Å². The SMILES string of the molecule is CCNC(=NCCCF)N1CCOC(c2cccc(C(F)(F)F)c2)C1.I. The van der Waals surface area contributed by atoms with Gasteiger partial charge in [0.1, 0.15) is 6.10 Å². The number of guanidine groups is 1. The van der Waals surface area contributed by atoms with Gasteiger partial charge in [-0.05, 0) is 31.0 Å². The molecule has 2 rings (SSSR count). The fourth-order valence-electron chi connectivity index (χ4n) is 2.63. The molecule has 1 heterocycles. The largest absolute Gasteiger partial charge is 0.416 e. The van der Waals surface area contributed by atoms with E-state index in [0.717, 1.165) is 12.1 Å². The molecule has 1 aromatic rings. The number of halogens is 5. The quantitative estimate of drug-likeness (QED) is 0.223. The maximum absolute atomic E-state index is 12.9. The van der Waals surface area contributed by atoms with Gasteiger partial charge in [0.2, 0.25) is 0 Å². The number of benzene rings is 1. The first-order valence-corrected chi connectivity index (χ1v) is 8.33. The van der Waals surface area contributed by atoms with Crippen LogP contribution in [-0.4, -0.2) is 50.3 Å². The Bertz CT molecular complexity index is 583. The van der Waals surface area contributed by atoms with Crippen LogP contribution < -0.4 is 5.32 Å². The minimum atomic E-state index is -4.38. The number of aliphatic imine (C=N–C) groups is 1. The summed E-state index contributed by atoms with van der Waals surface area (Å²) in [6.45, 7) is 3.87. The molecule has 1 N–H and O–H groups in total.